The van der Waals surface area contributed by atoms with Crippen molar-refractivity contribution in [3.63, 3.8) is 0 Å². The van der Waals surface area contributed by atoms with Crippen LogP contribution in [0.5, 0.6) is 5.75 Å². The van der Waals surface area contributed by atoms with Gasteiger partial charge in [0.05, 0.1) is 30.8 Å². The molecule has 0 spiro atoms. The standard InChI is InChI=1S/C29H41Cl2N3O5S/c1-4-11-37-13-14-38-12-9-33-40(35,36)23-7-8-28(20(2)15-23)39-29-25-16-21(30)17-26(31)24(25)18-27(29)34-10-5-6-22(19-34)32-3/h7-8,15-17,22,27,29,32-33H,4-6,9-14,18-19H2,1-3H3/t22-,27?,29+/m1/s1. The summed E-state index contributed by atoms with van der Waals surface area (Å²) in [4.78, 5) is 2.67. The fourth-order valence-corrected chi connectivity index (χ4v) is 7.16. The Morgan fingerprint density at radius 1 is 1.07 bits per heavy atom. The number of fused-ring (bicyclic) bond motifs is 1. The monoisotopic (exact) mass is 613 g/mol. The molecule has 11 heteroatoms. The molecule has 0 amide bonds. The highest BCUT2D eigenvalue weighted by molar-refractivity contribution is 7.89. The number of ether oxygens (including phenoxy) is 3. The van der Waals surface area contributed by atoms with Gasteiger partial charge in [-0.25, -0.2) is 13.1 Å². The number of likely N-dealkylation sites (tertiary alicyclic amines) is 1. The van der Waals surface area contributed by atoms with E-state index in [1.165, 1.54) is 0 Å². The van der Waals surface area contributed by atoms with Crippen molar-refractivity contribution in [3.8, 4) is 5.75 Å². The van der Waals surface area contributed by atoms with Crippen LogP contribution in [-0.2, 0) is 25.9 Å². The third-order valence-electron chi connectivity index (χ3n) is 7.56. The highest BCUT2D eigenvalue weighted by atomic mass is 35.5. The first-order chi connectivity index (χ1) is 19.2. The predicted octanol–water partition coefficient (Wildman–Crippen LogP) is 4.75. The minimum Gasteiger partial charge on any atom is -0.484 e. The number of halogens is 2. The summed E-state index contributed by atoms with van der Waals surface area (Å²) in [6, 6.07) is 9.22. The lowest BCUT2D eigenvalue weighted by Crippen LogP contribution is -2.50. The second-order valence-corrected chi connectivity index (χ2v) is 13.0. The van der Waals surface area contributed by atoms with Crippen molar-refractivity contribution in [2.24, 2.45) is 0 Å². The van der Waals surface area contributed by atoms with Crippen molar-refractivity contribution in [2.75, 3.05) is 53.1 Å². The van der Waals surface area contributed by atoms with Gasteiger partial charge in [0, 0.05) is 41.3 Å². The smallest absolute Gasteiger partial charge is 0.240 e. The molecule has 1 unspecified atom stereocenters. The first-order valence-electron chi connectivity index (χ1n) is 14.0. The van der Waals surface area contributed by atoms with E-state index in [1.807, 2.05) is 27.0 Å². The quantitative estimate of drug-likeness (QED) is 0.297. The Bertz CT molecular complexity index is 1250. The van der Waals surface area contributed by atoms with Crippen LogP contribution in [0.4, 0.5) is 0 Å². The molecule has 1 aliphatic heterocycles. The van der Waals surface area contributed by atoms with Gasteiger partial charge in [0.15, 0.2) is 0 Å². The summed E-state index contributed by atoms with van der Waals surface area (Å²) >= 11 is 13.1. The number of sulfonamides is 1. The molecule has 2 N–H and O–H groups in total. The molecule has 4 rings (SSSR count). The normalized spacial score (nSPS) is 21.5. The summed E-state index contributed by atoms with van der Waals surface area (Å²) in [6.45, 7) is 7.90. The molecule has 222 valence electrons. The van der Waals surface area contributed by atoms with E-state index < -0.39 is 10.0 Å². The third kappa shape index (κ3) is 7.89. The number of aryl methyl sites for hydroxylation is 1. The fraction of sp³-hybridized carbons (Fsp3) is 0.586. The molecule has 0 bridgehead atoms. The van der Waals surface area contributed by atoms with Gasteiger partial charge in [-0.05, 0) is 87.7 Å². The number of hydrogen-bond acceptors (Lipinski definition) is 7. The molecular formula is C29H41Cl2N3O5S. The van der Waals surface area contributed by atoms with Crippen LogP contribution in [0.25, 0.3) is 0 Å². The van der Waals surface area contributed by atoms with Gasteiger partial charge in [-0.3, -0.25) is 4.90 Å². The molecule has 0 radical (unpaired) electrons. The molecule has 2 aromatic rings. The van der Waals surface area contributed by atoms with Crippen molar-refractivity contribution in [3.05, 3.63) is 57.1 Å². The fourth-order valence-electron chi connectivity index (χ4n) is 5.48. The molecule has 0 aromatic heterocycles. The number of benzene rings is 2. The van der Waals surface area contributed by atoms with Crippen LogP contribution in [-0.4, -0.2) is 78.5 Å². The zero-order valence-electron chi connectivity index (χ0n) is 23.5. The SMILES string of the molecule is CCCOCCOCCNS(=O)(=O)c1ccc(O[C@H]2c3cc(Cl)cc(Cl)c3CC2N2CCC[C@@H](NC)C2)c(C)c1. The topological polar surface area (TPSA) is 89.1 Å². The Kier molecular flexibility index (Phi) is 11.5. The molecule has 1 aliphatic carbocycles. The van der Waals surface area contributed by atoms with Gasteiger partial charge in [-0.15, -0.1) is 0 Å². The maximum absolute atomic E-state index is 12.9. The first kappa shape index (κ1) is 31.5. The Morgan fingerprint density at radius 2 is 1.85 bits per heavy atom. The molecule has 1 saturated heterocycles. The maximum atomic E-state index is 12.9. The van der Waals surface area contributed by atoms with E-state index >= 15 is 0 Å². The number of piperidine rings is 1. The van der Waals surface area contributed by atoms with Crippen LogP contribution in [0.2, 0.25) is 10.0 Å². The lowest BCUT2D eigenvalue weighted by molar-refractivity contribution is 0.0502. The summed E-state index contributed by atoms with van der Waals surface area (Å²) in [5.41, 5.74) is 2.79. The molecule has 8 nitrogen and oxygen atoms in total. The van der Waals surface area contributed by atoms with Crippen molar-refractivity contribution in [2.45, 2.75) is 62.6 Å². The molecule has 3 atom stereocenters. The third-order valence-corrected chi connectivity index (χ3v) is 9.58. The predicted molar refractivity (Wildman–Crippen MR) is 159 cm³/mol. The average Bonchev–Trinajstić information content (AvgIpc) is 3.29. The second-order valence-electron chi connectivity index (χ2n) is 10.4. The highest BCUT2D eigenvalue weighted by Crippen LogP contribution is 2.43. The van der Waals surface area contributed by atoms with E-state index in [0.29, 0.717) is 41.7 Å². The Balaban J connectivity index is 1.45. The zero-order chi connectivity index (χ0) is 28.7. The number of likely N-dealkylation sites (N-methyl/N-ethyl adjacent to an activating group) is 1. The molecule has 2 aliphatic rings. The van der Waals surface area contributed by atoms with Crippen LogP contribution in [0, 0.1) is 6.92 Å². The molecular weight excluding hydrogens is 573 g/mol. The minimum absolute atomic E-state index is 0.0963. The molecule has 1 heterocycles. The van der Waals surface area contributed by atoms with Gasteiger partial charge in [0.1, 0.15) is 11.9 Å². The van der Waals surface area contributed by atoms with E-state index in [0.717, 1.165) is 55.5 Å². The van der Waals surface area contributed by atoms with Crippen molar-refractivity contribution >= 4 is 33.2 Å². The summed E-state index contributed by atoms with van der Waals surface area (Å²) in [5, 5.41) is 4.65. The molecule has 0 saturated carbocycles. The number of hydrogen-bond donors (Lipinski definition) is 2. The van der Waals surface area contributed by atoms with E-state index in [1.54, 1.807) is 24.3 Å². The largest absolute Gasteiger partial charge is 0.484 e. The van der Waals surface area contributed by atoms with Gasteiger partial charge < -0.3 is 19.5 Å². The van der Waals surface area contributed by atoms with Gasteiger partial charge in [-0.2, -0.15) is 0 Å². The Morgan fingerprint density at radius 3 is 2.58 bits per heavy atom. The zero-order valence-corrected chi connectivity index (χ0v) is 25.9. The minimum atomic E-state index is -3.69. The van der Waals surface area contributed by atoms with Gasteiger partial charge >= 0.3 is 0 Å². The van der Waals surface area contributed by atoms with Crippen LogP contribution < -0.4 is 14.8 Å². The lowest BCUT2D eigenvalue weighted by Gasteiger charge is -2.39. The first-order valence-corrected chi connectivity index (χ1v) is 16.3. The van der Waals surface area contributed by atoms with Crippen molar-refractivity contribution in [1.82, 2.24) is 14.9 Å². The number of rotatable bonds is 14. The van der Waals surface area contributed by atoms with E-state index in [9.17, 15) is 8.42 Å². The van der Waals surface area contributed by atoms with Gasteiger partial charge in [0.25, 0.3) is 0 Å². The van der Waals surface area contributed by atoms with Crippen LogP contribution in [0.3, 0.4) is 0 Å². The summed E-state index contributed by atoms with van der Waals surface area (Å²) in [7, 11) is -1.69. The van der Waals surface area contributed by atoms with E-state index in [2.05, 4.69) is 14.9 Å². The van der Waals surface area contributed by atoms with Crippen molar-refractivity contribution in [1.29, 1.82) is 0 Å². The van der Waals surface area contributed by atoms with Crippen LogP contribution >= 0.6 is 23.2 Å². The van der Waals surface area contributed by atoms with Crippen molar-refractivity contribution < 1.29 is 22.6 Å². The Labute approximate surface area is 248 Å². The maximum Gasteiger partial charge on any atom is 0.240 e. The summed E-state index contributed by atoms with van der Waals surface area (Å²) in [6.07, 6.45) is 3.70. The van der Waals surface area contributed by atoms with E-state index in [4.69, 9.17) is 37.4 Å². The molecule has 40 heavy (non-hydrogen) atoms. The van der Waals surface area contributed by atoms with Gasteiger partial charge in [-0.1, -0.05) is 30.1 Å². The number of nitrogens with one attached hydrogen (secondary N) is 2. The average molecular weight is 615 g/mol. The second kappa shape index (κ2) is 14.6. The van der Waals surface area contributed by atoms with Gasteiger partial charge in [0.2, 0.25) is 10.0 Å². The highest BCUT2D eigenvalue weighted by Gasteiger charge is 2.41. The number of nitrogens with zero attached hydrogens (tertiary/aromatic N) is 1. The Hall–Kier alpha value is -1.43. The van der Waals surface area contributed by atoms with E-state index in [-0.39, 0.29) is 30.2 Å². The van der Waals surface area contributed by atoms with Crippen LogP contribution in [0.1, 0.15) is 49.0 Å². The lowest BCUT2D eigenvalue weighted by atomic mass is 10.0. The van der Waals surface area contributed by atoms with Crippen LogP contribution in [0.15, 0.2) is 35.2 Å². The molecule has 2 aromatic carbocycles. The molecule has 1 fully saturated rings. The summed E-state index contributed by atoms with van der Waals surface area (Å²) in [5.74, 6) is 0.635. The summed E-state index contributed by atoms with van der Waals surface area (Å²) < 4.78 is 45.9.